The zero-order valence-electron chi connectivity index (χ0n) is 16.5. The number of carbonyl (C=O) groups excluding carboxylic acids is 1. The van der Waals surface area contributed by atoms with Crippen LogP contribution in [-0.2, 0) is 4.74 Å². The van der Waals surface area contributed by atoms with Crippen LogP contribution in [0.5, 0.6) is 5.75 Å². The van der Waals surface area contributed by atoms with Crippen molar-refractivity contribution in [2.24, 2.45) is 5.92 Å². The fourth-order valence-electron chi connectivity index (χ4n) is 3.88. The van der Waals surface area contributed by atoms with Crippen molar-refractivity contribution >= 4 is 38.4 Å². The van der Waals surface area contributed by atoms with Crippen molar-refractivity contribution in [1.82, 2.24) is 9.88 Å². The van der Waals surface area contributed by atoms with Crippen LogP contribution in [0.2, 0.25) is 0 Å². The molecule has 2 fully saturated rings. The van der Waals surface area contributed by atoms with Crippen LogP contribution in [0.25, 0.3) is 10.2 Å². The molecule has 0 saturated carbocycles. The molecule has 0 radical (unpaired) electrons. The van der Waals surface area contributed by atoms with Gasteiger partial charge in [0.05, 0.1) is 36.8 Å². The summed E-state index contributed by atoms with van der Waals surface area (Å²) >= 11 is 1.47. The van der Waals surface area contributed by atoms with Crippen molar-refractivity contribution in [3.8, 4) is 11.8 Å². The summed E-state index contributed by atoms with van der Waals surface area (Å²) in [6, 6.07) is 6.08. The number of hydrogen-bond donors (Lipinski definition) is 1. The highest BCUT2D eigenvalue weighted by molar-refractivity contribution is 7.23. The molecule has 0 atom stereocenters. The van der Waals surface area contributed by atoms with Gasteiger partial charge in [-0.15, -0.1) is 0 Å². The Kier molecular flexibility index (Phi) is 6.02. The first-order chi connectivity index (χ1) is 14.2. The number of fused-ring (bicyclic) bond motifs is 1. The minimum Gasteiger partial charge on any atom is -0.494 e. The van der Waals surface area contributed by atoms with Gasteiger partial charge in [0.25, 0.3) is 0 Å². The van der Waals surface area contributed by atoms with Crippen molar-refractivity contribution in [3.63, 3.8) is 0 Å². The van der Waals surface area contributed by atoms with Crippen LogP contribution < -0.4 is 15.0 Å². The van der Waals surface area contributed by atoms with E-state index in [1.54, 1.807) is 12.0 Å². The van der Waals surface area contributed by atoms with Crippen molar-refractivity contribution in [2.45, 2.75) is 19.3 Å². The molecule has 0 aliphatic carbocycles. The lowest BCUT2D eigenvalue weighted by molar-refractivity contribution is 0.123. The van der Waals surface area contributed by atoms with Gasteiger partial charge in [-0.1, -0.05) is 11.3 Å². The van der Waals surface area contributed by atoms with Crippen LogP contribution >= 0.6 is 11.3 Å². The Morgan fingerprint density at radius 2 is 2.10 bits per heavy atom. The summed E-state index contributed by atoms with van der Waals surface area (Å²) in [5, 5.41) is 12.4. The normalized spacial score (nSPS) is 17.9. The summed E-state index contributed by atoms with van der Waals surface area (Å²) in [7, 11) is 1.63. The molecule has 29 heavy (non-hydrogen) atoms. The minimum atomic E-state index is -0.133. The number of aromatic nitrogens is 1. The van der Waals surface area contributed by atoms with E-state index in [9.17, 15) is 4.79 Å². The predicted octanol–water partition coefficient (Wildman–Crippen LogP) is 3.30. The van der Waals surface area contributed by atoms with Gasteiger partial charge in [0, 0.05) is 32.6 Å². The molecule has 154 valence electrons. The summed E-state index contributed by atoms with van der Waals surface area (Å²) in [5.74, 6) is 1.10. The van der Waals surface area contributed by atoms with Gasteiger partial charge in [-0.2, -0.15) is 5.26 Å². The van der Waals surface area contributed by atoms with Crippen LogP contribution in [-0.4, -0.2) is 62.4 Å². The van der Waals surface area contributed by atoms with Gasteiger partial charge in [0.1, 0.15) is 11.3 Å². The molecule has 2 aromatic rings. The lowest BCUT2D eigenvalue weighted by Gasteiger charge is -2.30. The smallest absolute Gasteiger partial charge is 0.323 e. The van der Waals surface area contributed by atoms with E-state index in [4.69, 9.17) is 14.7 Å². The number of benzene rings is 1. The SMILES string of the molecule is COc1ccc(N2CCOCC2)c2sc(NC(=O)N3CCC(CC#N)CC3)nc12. The standard InChI is InChI=1S/C20H25N5O3S/c1-27-16-3-2-15(24-10-12-28-13-11-24)18-17(16)22-19(29-18)23-20(26)25-8-5-14(4-7-21)6-9-25/h2-3,14H,4-6,8-13H2,1H3,(H,22,23,26). The maximum Gasteiger partial charge on any atom is 0.323 e. The maximum absolute atomic E-state index is 12.7. The Morgan fingerprint density at radius 3 is 2.79 bits per heavy atom. The Bertz CT molecular complexity index is 911. The average molecular weight is 416 g/mol. The van der Waals surface area contributed by atoms with E-state index in [0.29, 0.717) is 49.5 Å². The fourth-order valence-corrected chi connectivity index (χ4v) is 4.89. The predicted molar refractivity (Wildman–Crippen MR) is 113 cm³/mol. The second-order valence-corrected chi connectivity index (χ2v) is 8.31. The van der Waals surface area contributed by atoms with Gasteiger partial charge in [0.15, 0.2) is 5.13 Å². The molecule has 2 aliphatic heterocycles. The Morgan fingerprint density at radius 1 is 1.34 bits per heavy atom. The molecular weight excluding hydrogens is 390 g/mol. The molecule has 8 nitrogen and oxygen atoms in total. The summed E-state index contributed by atoms with van der Waals surface area (Å²) < 4.78 is 12.0. The molecule has 2 amide bonds. The second-order valence-electron chi connectivity index (χ2n) is 7.31. The number of hydrogen-bond acceptors (Lipinski definition) is 7. The number of piperidine rings is 1. The molecule has 2 aliphatic rings. The zero-order valence-corrected chi connectivity index (χ0v) is 17.3. The first-order valence-corrected chi connectivity index (χ1v) is 10.7. The molecule has 9 heteroatoms. The maximum atomic E-state index is 12.7. The van der Waals surface area contributed by atoms with Gasteiger partial charge in [-0.05, 0) is 30.9 Å². The van der Waals surface area contributed by atoms with E-state index in [-0.39, 0.29) is 6.03 Å². The summed E-state index contributed by atoms with van der Waals surface area (Å²) in [6.45, 7) is 4.42. The van der Waals surface area contributed by atoms with Crippen LogP contribution in [0.1, 0.15) is 19.3 Å². The zero-order chi connectivity index (χ0) is 20.2. The van der Waals surface area contributed by atoms with Crippen LogP contribution in [0.4, 0.5) is 15.6 Å². The Hall–Kier alpha value is -2.57. The van der Waals surface area contributed by atoms with Gasteiger partial charge in [-0.3, -0.25) is 5.32 Å². The van der Waals surface area contributed by atoms with Crippen LogP contribution in [0, 0.1) is 17.2 Å². The van der Waals surface area contributed by atoms with Crippen molar-refractivity contribution in [2.75, 3.05) is 56.7 Å². The molecule has 1 aromatic heterocycles. The van der Waals surface area contributed by atoms with Gasteiger partial charge in [0.2, 0.25) is 0 Å². The van der Waals surface area contributed by atoms with Gasteiger partial charge < -0.3 is 19.3 Å². The highest BCUT2D eigenvalue weighted by atomic mass is 32.1. The molecule has 1 aromatic carbocycles. The summed E-state index contributed by atoms with van der Waals surface area (Å²) in [4.78, 5) is 21.5. The number of urea groups is 1. The number of nitrogens with zero attached hydrogens (tertiary/aromatic N) is 4. The molecule has 4 rings (SSSR count). The summed E-state index contributed by atoms with van der Waals surface area (Å²) in [6.07, 6.45) is 2.31. The Labute approximate surface area is 174 Å². The fraction of sp³-hybridized carbons (Fsp3) is 0.550. The number of morpholine rings is 1. The lowest BCUT2D eigenvalue weighted by Crippen LogP contribution is -2.40. The van der Waals surface area contributed by atoms with Crippen LogP contribution in [0.3, 0.4) is 0 Å². The third kappa shape index (κ3) is 4.23. The van der Waals surface area contributed by atoms with E-state index in [1.165, 1.54) is 11.3 Å². The Balaban J connectivity index is 1.52. The lowest BCUT2D eigenvalue weighted by atomic mass is 9.94. The van der Waals surface area contributed by atoms with E-state index in [2.05, 4.69) is 27.3 Å². The molecule has 0 unspecified atom stereocenters. The first kappa shape index (κ1) is 19.7. The van der Waals surface area contributed by atoms with Gasteiger partial charge in [-0.25, -0.2) is 9.78 Å². The topological polar surface area (TPSA) is 90.7 Å². The number of methoxy groups -OCH3 is 1. The van der Waals surface area contributed by atoms with Crippen LogP contribution in [0.15, 0.2) is 12.1 Å². The van der Waals surface area contributed by atoms with Crippen molar-refractivity contribution < 1.29 is 14.3 Å². The molecular formula is C20H25N5O3S. The number of likely N-dealkylation sites (tertiary alicyclic amines) is 1. The molecule has 2 saturated heterocycles. The molecule has 3 heterocycles. The van der Waals surface area contributed by atoms with E-state index < -0.39 is 0 Å². The molecule has 0 bridgehead atoms. The number of carbonyl (C=O) groups is 1. The number of rotatable bonds is 4. The second kappa shape index (κ2) is 8.84. The third-order valence-electron chi connectivity index (χ3n) is 5.55. The molecule has 1 N–H and O–H groups in total. The van der Waals surface area contributed by atoms with Crippen molar-refractivity contribution in [3.05, 3.63) is 12.1 Å². The highest BCUT2D eigenvalue weighted by Gasteiger charge is 2.24. The van der Waals surface area contributed by atoms with Crippen molar-refractivity contribution in [1.29, 1.82) is 5.26 Å². The first-order valence-electron chi connectivity index (χ1n) is 9.92. The molecule has 0 spiro atoms. The largest absolute Gasteiger partial charge is 0.494 e. The third-order valence-corrected chi connectivity index (χ3v) is 6.55. The number of amides is 2. The highest BCUT2D eigenvalue weighted by Crippen LogP contribution is 2.39. The monoisotopic (exact) mass is 415 g/mol. The van der Waals surface area contributed by atoms with Gasteiger partial charge >= 0.3 is 6.03 Å². The van der Waals surface area contributed by atoms with E-state index in [0.717, 1.165) is 41.8 Å². The number of nitrogens with one attached hydrogen (secondary N) is 1. The van der Waals surface area contributed by atoms with E-state index in [1.807, 2.05) is 6.07 Å². The number of thiazole rings is 1. The number of ether oxygens (including phenoxy) is 2. The summed E-state index contributed by atoms with van der Waals surface area (Å²) in [5.41, 5.74) is 1.86. The number of anilines is 2. The quantitative estimate of drug-likeness (QED) is 0.824. The van der Waals surface area contributed by atoms with E-state index >= 15 is 0 Å². The average Bonchev–Trinajstić information content (AvgIpc) is 3.18. The number of nitriles is 1. The minimum absolute atomic E-state index is 0.133.